The molecule has 92 valence electrons. The van der Waals surface area contributed by atoms with Gasteiger partial charge in [-0.25, -0.2) is 4.79 Å². The highest BCUT2D eigenvalue weighted by Crippen LogP contribution is 2.24. The number of carboxylic acid groups (broad SMARTS) is 1. The van der Waals surface area contributed by atoms with E-state index in [4.69, 9.17) is 5.11 Å². The van der Waals surface area contributed by atoms with Crippen LogP contribution in [0.3, 0.4) is 0 Å². The van der Waals surface area contributed by atoms with Gasteiger partial charge in [-0.05, 0) is 54.5 Å². The summed E-state index contributed by atoms with van der Waals surface area (Å²) in [5.41, 5.74) is 2.21. The monoisotopic (exact) mass is 251 g/mol. The Bertz CT molecular complexity index is 414. The van der Waals surface area contributed by atoms with Gasteiger partial charge in [0.25, 0.3) is 0 Å². The second-order valence-electron chi connectivity index (χ2n) is 4.45. The molecule has 0 amide bonds. The van der Waals surface area contributed by atoms with Gasteiger partial charge in [0.15, 0.2) is 0 Å². The summed E-state index contributed by atoms with van der Waals surface area (Å²) in [5, 5.41) is 12.3. The average molecular weight is 251 g/mol. The van der Waals surface area contributed by atoms with E-state index in [0.29, 0.717) is 5.56 Å². The van der Waals surface area contributed by atoms with E-state index in [2.05, 4.69) is 5.32 Å². The topological polar surface area (TPSA) is 49.3 Å². The van der Waals surface area contributed by atoms with Gasteiger partial charge in [0.1, 0.15) is 0 Å². The summed E-state index contributed by atoms with van der Waals surface area (Å²) in [7, 11) is 0. The highest BCUT2D eigenvalue weighted by molar-refractivity contribution is 7.99. The predicted octanol–water partition coefficient (Wildman–Crippen LogP) is 2.86. The number of rotatable bonds is 4. The fourth-order valence-electron chi connectivity index (χ4n) is 2.02. The SMILES string of the molecule is Cc1cc(NCC2CCSC2)ccc1C(=O)O. The van der Waals surface area contributed by atoms with Gasteiger partial charge in [-0.15, -0.1) is 0 Å². The molecule has 0 spiro atoms. The maximum Gasteiger partial charge on any atom is 0.335 e. The summed E-state index contributed by atoms with van der Waals surface area (Å²) in [6.07, 6.45) is 1.28. The fourth-order valence-corrected chi connectivity index (χ4v) is 3.30. The third-order valence-electron chi connectivity index (χ3n) is 3.08. The molecule has 1 heterocycles. The van der Waals surface area contributed by atoms with E-state index < -0.39 is 5.97 Å². The molecule has 2 rings (SSSR count). The lowest BCUT2D eigenvalue weighted by Crippen LogP contribution is -2.13. The highest BCUT2D eigenvalue weighted by atomic mass is 32.2. The van der Waals surface area contributed by atoms with Crippen LogP contribution in [0.5, 0.6) is 0 Å². The van der Waals surface area contributed by atoms with E-state index in [1.807, 2.05) is 30.8 Å². The Morgan fingerprint density at radius 2 is 2.41 bits per heavy atom. The number of carboxylic acids is 1. The van der Waals surface area contributed by atoms with Crippen LogP contribution >= 0.6 is 11.8 Å². The molecule has 1 atom stereocenters. The van der Waals surface area contributed by atoms with Crippen molar-refractivity contribution in [1.82, 2.24) is 0 Å². The van der Waals surface area contributed by atoms with Crippen LogP contribution in [-0.4, -0.2) is 29.1 Å². The molecule has 1 aromatic rings. The van der Waals surface area contributed by atoms with Crippen molar-refractivity contribution in [1.29, 1.82) is 0 Å². The molecule has 1 unspecified atom stereocenters. The number of carbonyl (C=O) groups is 1. The first-order valence-corrected chi connectivity index (χ1v) is 6.98. The van der Waals surface area contributed by atoms with E-state index in [1.165, 1.54) is 17.9 Å². The van der Waals surface area contributed by atoms with E-state index in [1.54, 1.807) is 6.07 Å². The first-order valence-electron chi connectivity index (χ1n) is 5.82. The Kier molecular flexibility index (Phi) is 3.94. The lowest BCUT2D eigenvalue weighted by atomic mass is 10.1. The van der Waals surface area contributed by atoms with E-state index in [-0.39, 0.29) is 0 Å². The highest BCUT2D eigenvalue weighted by Gasteiger charge is 2.15. The molecule has 4 heteroatoms. The zero-order valence-electron chi connectivity index (χ0n) is 9.90. The summed E-state index contributed by atoms with van der Waals surface area (Å²) in [6.45, 7) is 2.82. The van der Waals surface area contributed by atoms with Crippen LogP contribution in [0.25, 0.3) is 0 Å². The molecule has 0 bridgehead atoms. The zero-order chi connectivity index (χ0) is 12.3. The molecule has 0 aliphatic carbocycles. The molecule has 17 heavy (non-hydrogen) atoms. The molecule has 1 aromatic carbocycles. The fraction of sp³-hybridized carbons (Fsp3) is 0.462. The minimum Gasteiger partial charge on any atom is -0.478 e. The van der Waals surface area contributed by atoms with Crippen molar-refractivity contribution in [3.8, 4) is 0 Å². The van der Waals surface area contributed by atoms with Crippen LogP contribution in [0.4, 0.5) is 5.69 Å². The molecule has 0 saturated carbocycles. The second kappa shape index (κ2) is 5.45. The lowest BCUT2D eigenvalue weighted by molar-refractivity contribution is 0.0696. The van der Waals surface area contributed by atoms with Gasteiger partial charge in [-0.2, -0.15) is 11.8 Å². The number of aromatic carboxylic acids is 1. The first kappa shape index (κ1) is 12.3. The van der Waals surface area contributed by atoms with Crippen LogP contribution < -0.4 is 5.32 Å². The van der Waals surface area contributed by atoms with Crippen LogP contribution in [0, 0.1) is 12.8 Å². The molecule has 0 aromatic heterocycles. The largest absolute Gasteiger partial charge is 0.478 e. The maximum atomic E-state index is 10.9. The van der Waals surface area contributed by atoms with Crippen LogP contribution in [0.15, 0.2) is 18.2 Å². The Balaban J connectivity index is 1.97. The second-order valence-corrected chi connectivity index (χ2v) is 5.60. The Morgan fingerprint density at radius 3 is 3.00 bits per heavy atom. The number of nitrogens with one attached hydrogen (secondary N) is 1. The number of thioether (sulfide) groups is 1. The number of aryl methyl sites for hydroxylation is 1. The average Bonchev–Trinajstić information content (AvgIpc) is 2.78. The third kappa shape index (κ3) is 3.16. The summed E-state index contributed by atoms with van der Waals surface area (Å²) in [4.78, 5) is 10.9. The summed E-state index contributed by atoms with van der Waals surface area (Å²) >= 11 is 2.01. The molecular formula is C13H17NO2S. The van der Waals surface area contributed by atoms with Crippen molar-refractivity contribution < 1.29 is 9.90 Å². The van der Waals surface area contributed by atoms with Crippen molar-refractivity contribution in [3.63, 3.8) is 0 Å². The maximum absolute atomic E-state index is 10.9. The Morgan fingerprint density at radius 1 is 1.59 bits per heavy atom. The van der Waals surface area contributed by atoms with Crippen molar-refractivity contribution in [2.24, 2.45) is 5.92 Å². The molecule has 0 radical (unpaired) electrons. The quantitative estimate of drug-likeness (QED) is 0.864. The van der Waals surface area contributed by atoms with Crippen molar-refractivity contribution in [2.45, 2.75) is 13.3 Å². The summed E-state index contributed by atoms with van der Waals surface area (Å²) < 4.78 is 0. The van der Waals surface area contributed by atoms with Gasteiger partial charge in [-0.1, -0.05) is 0 Å². The predicted molar refractivity (Wildman–Crippen MR) is 72.1 cm³/mol. The Labute approximate surface area is 106 Å². The van der Waals surface area contributed by atoms with E-state index >= 15 is 0 Å². The van der Waals surface area contributed by atoms with Gasteiger partial charge < -0.3 is 10.4 Å². The molecule has 1 fully saturated rings. The summed E-state index contributed by atoms with van der Waals surface area (Å²) in [5.74, 6) is 2.39. The number of hydrogen-bond donors (Lipinski definition) is 2. The summed E-state index contributed by atoms with van der Waals surface area (Å²) in [6, 6.07) is 5.42. The van der Waals surface area contributed by atoms with E-state index in [9.17, 15) is 4.79 Å². The first-order chi connectivity index (χ1) is 8.16. The van der Waals surface area contributed by atoms with Gasteiger partial charge in [0, 0.05) is 12.2 Å². The molecule has 3 nitrogen and oxygen atoms in total. The van der Waals surface area contributed by atoms with Gasteiger partial charge >= 0.3 is 5.97 Å². The van der Waals surface area contributed by atoms with Gasteiger partial charge in [0.05, 0.1) is 5.56 Å². The molecule has 1 aliphatic heterocycles. The molecule has 2 N–H and O–H groups in total. The number of hydrogen-bond acceptors (Lipinski definition) is 3. The van der Waals surface area contributed by atoms with Crippen LogP contribution in [0.2, 0.25) is 0 Å². The van der Waals surface area contributed by atoms with Crippen LogP contribution in [-0.2, 0) is 0 Å². The number of benzene rings is 1. The third-order valence-corrected chi connectivity index (χ3v) is 4.31. The minimum absolute atomic E-state index is 0.381. The number of anilines is 1. The van der Waals surface area contributed by atoms with Gasteiger partial charge in [-0.3, -0.25) is 0 Å². The van der Waals surface area contributed by atoms with Crippen molar-refractivity contribution in [3.05, 3.63) is 29.3 Å². The Hall–Kier alpha value is -1.16. The molecule has 1 saturated heterocycles. The smallest absolute Gasteiger partial charge is 0.335 e. The normalized spacial score (nSPS) is 19.2. The zero-order valence-corrected chi connectivity index (χ0v) is 10.7. The minimum atomic E-state index is -0.860. The molecular weight excluding hydrogens is 234 g/mol. The standard InChI is InChI=1S/C13H17NO2S/c1-9-6-11(2-3-12(9)13(15)16)14-7-10-4-5-17-8-10/h2-3,6,10,14H,4-5,7-8H2,1H3,(H,15,16). The van der Waals surface area contributed by atoms with Crippen molar-refractivity contribution >= 4 is 23.4 Å². The van der Waals surface area contributed by atoms with Crippen LogP contribution in [0.1, 0.15) is 22.3 Å². The molecule has 1 aliphatic rings. The van der Waals surface area contributed by atoms with Crippen molar-refractivity contribution in [2.75, 3.05) is 23.4 Å². The van der Waals surface area contributed by atoms with Gasteiger partial charge in [0.2, 0.25) is 0 Å². The van der Waals surface area contributed by atoms with E-state index in [0.717, 1.165) is 23.7 Å². The lowest BCUT2D eigenvalue weighted by Gasteiger charge is -2.12.